The predicted octanol–water partition coefficient (Wildman–Crippen LogP) is 2.77. The molecule has 1 aromatic rings. The third-order valence-corrected chi connectivity index (χ3v) is 5.82. The van der Waals surface area contributed by atoms with Crippen LogP contribution in [0.25, 0.3) is 0 Å². The van der Waals surface area contributed by atoms with Gasteiger partial charge in [0.25, 0.3) is 0 Å². The molecule has 4 unspecified atom stereocenters. The molecule has 3 heterocycles. The van der Waals surface area contributed by atoms with Crippen LogP contribution in [0.15, 0.2) is 23.2 Å². The molecule has 0 amide bonds. The lowest BCUT2D eigenvalue weighted by atomic mass is 9.82. The van der Waals surface area contributed by atoms with Crippen molar-refractivity contribution in [1.29, 1.82) is 0 Å². The van der Waals surface area contributed by atoms with E-state index in [4.69, 9.17) is 9.47 Å². The molecule has 3 saturated heterocycles. The zero-order valence-corrected chi connectivity index (χ0v) is 17.6. The number of guanidine groups is 1. The van der Waals surface area contributed by atoms with Gasteiger partial charge in [-0.05, 0) is 30.5 Å². The molecule has 4 rings (SSSR count). The number of rotatable bonds is 4. The highest BCUT2D eigenvalue weighted by atomic mass is 127. The smallest absolute Gasteiger partial charge is 0.193 e. The molecule has 144 valence electrons. The lowest BCUT2D eigenvalue weighted by Gasteiger charge is -2.23. The molecule has 0 radical (unpaired) electrons. The van der Waals surface area contributed by atoms with Gasteiger partial charge in [-0.3, -0.25) is 4.99 Å². The predicted molar refractivity (Wildman–Crippen MR) is 109 cm³/mol. The number of halogens is 2. The highest BCUT2D eigenvalue weighted by Crippen LogP contribution is 2.47. The first kappa shape index (κ1) is 19.8. The number of fused-ring (bicyclic) bond motifs is 5. The molecule has 3 fully saturated rings. The van der Waals surface area contributed by atoms with Crippen LogP contribution in [0.2, 0.25) is 0 Å². The Morgan fingerprint density at radius 1 is 1.31 bits per heavy atom. The van der Waals surface area contributed by atoms with E-state index in [0.717, 1.165) is 24.6 Å². The van der Waals surface area contributed by atoms with E-state index in [1.807, 2.05) is 19.2 Å². The number of aliphatic imine (C=N–C) groups is 1. The molecule has 26 heavy (non-hydrogen) atoms. The highest BCUT2D eigenvalue weighted by Gasteiger charge is 2.53. The largest absolute Gasteiger partial charge is 0.380 e. The summed E-state index contributed by atoms with van der Waals surface area (Å²) in [5.74, 6) is 2.00. The van der Waals surface area contributed by atoms with Crippen LogP contribution in [-0.4, -0.2) is 50.3 Å². The van der Waals surface area contributed by atoms with Crippen molar-refractivity contribution in [2.45, 2.75) is 38.2 Å². The van der Waals surface area contributed by atoms with E-state index in [1.54, 1.807) is 7.11 Å². The van der Waals surface area contributed by atoms with Gasteiger partial charge >= 0.3 is 0 Å². The number of hydrogen-bond donors (Lipinski definition) is 1. The number of methoxy groups -OCH3 is 1. The summed E-state index contributed by atoms with van der Waals surface area (Å²) in [4.78, 5) is 6.80. The van der Waals surface area contributed by atoms with Crippen molar-refractivity contribution >= 4 is 29.9 Å². The van der Waals surface area contributed by atoms with Crippen LogP contribution < -0.4 is 5.32 Å². The van der Waals surface area contributed by atoms with Crippen molar-refractivity contribution in [3.63, 3.8) is 0 Å². The first-order chi connectivity index (χ1) is 12.2. The number of likely N-dealkylation sites (tertiary alicyclic amines) is 1. The van der Waals surface area contributed by atoms with E-state index < -0.39 is 0 Å². The molecule has 4 atom stereocenters. The topological polar surface area (TPSA) is 46.1 Å². The third-order valence-electron chi connectivity index (χ3n) is 5.82. The summed E-state index contributed by atoms with van der Waals surface area (Å²) < 4.78 is 24.8. The van der Waals surface area contributed by atoms with Crippen LogP contribution in [0.1, 0.15) is 24.0 Å². The van der Waals surface area contributed by atoms with Crippen LogP contribution in [0.5, 0.6) is 0 Å². The first-order valence-corrected chi connectivity index (χ1v) is 9.07. The standard InChI is InChI=1S/C19H26FN3O2.HI/c1-21-19(22-8-12-3-4-16(20)13(7-12)11-24-2)23-9-14-15(10-23)18-6-5-17(14)25-18;/h3-4,7,14-15,17-18H,5-6,8-11H2,1-2H3,(H,21,22);1H. The van der Waals surface area contributed by atoms with Gasteiger partial charge < -0.3 is 19.7 Å². The Balaban J connectivity index is 0.00000196. The van der Waals surface area contributed by atoms with Crippen molar-refractivity contribution in [2.24, 2.45) is 16.8 Å². The summed E-state index contributed by atoms with van der Waals surface area (Å²) in [5.41, 5.74) is 1.61. The Morgan fingerprint density at radius 3 is 2.62 bits per heavy atom. The van der Waals surface area contributed by atoms with Gasteiger partial charge in [-0.25, -0.2) is 4.39 Å². The van der Waals surface area contributed by atoms with Crippen molar-refractivity contribution in [2.75, 3.05) is 27.2 Å². The van der Waals surface area contributed by atoms with Crippen molar-refractivity contribution in [1.82, 2.24) is 10.2 Å². The van der Waals surface area contributed by atoms with Gasteiger partial charge in [-0.1, -0.05) is 6.07 Å². The number of ether oxygens (including phenoxy) is 2. The second kappa shape index (κ2) is 8.39. The Bertz CT molecular complexity index is 654. The third kappa shape index (κ3) is 3.71. The van der Waals surface area contributed by atoms with Gasteiger partial charge in [0.2, 0.25) is 0 Å². The summed E-state index contributed by atoms with van der Waals surface area (Å²) in [6.07, 6.45) is 3.33. The second-order valence-electron chi connectivity index (χ2n) is 7.28. The number of hydrogen-bond acceptors (Lipinski definition) is 3. The highest BCUT2D eigenvalue weighted by molar-refractivity contribution is 14.0. The van der Waals surface area contributed by atoms with Crippen molar-refractivity contribution in [3.05, 3.63) is 35.1 Å². The van der Waals surface area contributed by atoms with E-state index >= 15 is 0 Å². The second-order valence-corrected chi connectivity index (χ2v) is 7.28. The maximum absolute atomic E-state index is 13.7. The van der Waals surface area contributed by atoms with Gasteiger partial charge in [0.1, 0.15) is 5.82 Å². The van der Waals surface area contributed by atoms with E-state index in [-0.39, 0.29) is 36.4 Å². The molecule has 0 saturated carbocycles. The first-order valence-electron chi connectivity index (χ1n) is 9.07. The average molecular weight is 475 g/mol. The van der Waals surface area contributed by atoms with Gasteiger partial charge in [0.15, 0.2) is 5.96 Å². The van der Waals surface area contributed by atoms with E-state index in [0.29, 0.717) is 36.2 Å². The lowest BCUT2D eigenvalue weighted by Crippen LogP contribution is -2.41. The van der Waals surface area contributed by atoms with Crippen LogP contribution in [0.3, 0.4) is 0 Å². The zero-order chi connectivity index (χ0) is 17.4. The summed E-state index contributed by atoms with van der Waals surface area (Å²) in [6, 6.07) is 5.16. The Morgan fingerprint density at radius 2 is 2.00 bits per heavy atom. The minimum atomic E-state index is -0.224. The van der Waals surface area contributed by atoms with E-state index in [2.05, 4.69) is 15.2 Å². The Kier molecular flexibility index (Phi) is 6.40. The summed E-state index contributed by atoms with van der Waals surface area (Å²) >= 11 is 0. The molecule has 1 N–H and O–H groups in total. The Hall–Kier alpha value is -0.930. The van der Waals surface area contributed by atoms with Crippen LogP contribution in [0.4, 0.5) is 4.39 Å². The van der Waals surface area contributed by atoms with E-state index in [1.165, 1.54) is 18.9 Å². The number of nitrogens with one attached hydrogen (secondary N) is 1. The molecule has 3 aliphatic rings. The van der Waals surface area contributed by atoms with Crippen molar-refractivity contribution < 1.29 is 13.9 Å². The molecular weight excluding hydrogens is 448 g/mol. The monoisotopic (exact) mass is 475 g/mol. The normalized spacial score (nSPS) is 29.7. The molecule has 2 bridgehead atoms. The Labute approximate surface area is 171 Å². The van der Waals surface area contributed by atoms with Crippen LogP contribution >= 0.6 is 24.0 Å². The molecule has 0 spiro atoms. The summed E-state index contributed by atoms with van der Waals surface area (Å²) in [5, 5.41) is 3.43. The van der Waals surface area contributed by atoms with Gasteiger partial charge in [0.05, 0.1) is 18.8 Å². The lowest BCUT2D eigenvalue weighted by molar-refractivity contribution is 0.0767. The summed E-state index contributed by atoms with van der Waals surface area (Å²) in [6.45, 7) is 2.94. The fourth-order valence-corrected chi connectivity index (χ4v) is 4.65. The molecule has 7 heteroatoms. The summed E-state index contributed by atoms with van der Waals surface area (Å²) in [7, 11) is 3.40. The molecule has 0 aromatic heterocycles. The number of benzene rings is 1. The fraction of sp³-hybridized carbons (Fsp3) is 0.632. The molecule has 1 aromatic carbocycles. The SMILES string of the molecule is CN=C(NCc1ccc(F)c(COC)c1)N1CC2C3CCC(O3)C2C1.I. The zero-order valence-electron chi connectivity index (χ0n) is 15.3. The maximum atomic E-state index is 13.7. The molecular formula is C19H27FIN3O2. The maximum Gasteiger partial charge on any atom is 0.193 e. The quantitative estimate of drug-likeness (QED) is 0.414. The van der Waals surface area contributed by atoms with Crippen LogP contribution in [-0.2, 0) is 22.6 Å². The van der Waals surface area contributed by atoms with E-state index in [9.17, 15) is 4.39 Å². The average Bonchev–Trinajstić information content (AvgIpc) is 3.31. The van der Waals surface area contributed by atoms with Gasteiger partial charge in [0, 0.05) is 51.2 Å². The molecule has 5 nitrogen and oxygen atoms in total. The minimum Gasteiger partial charge on any atom is -0.380 e. The van der Waals surface area contributed by atoms with Crippen LogP contribution in [0, 0.1) is 17.7 Å². The minimum absolute atomic E-state index is 0. The molecule has 0 aliphatic carbocycles. The van der Waals surface area contributed by atoms with Crippen molar-refractivity contribution in [3.8, 4) is 0 Å². The van der Waals surface area contributed by atoms with Gasteiger partial charge in [-0.2, -0.15) is 0 Å². The fourth-order valence-electron chi connectivity index (χ4n) is 4.65. The number of nitrogens with zero attached hydrogens (tertiary/aromatic N) is 2. The molecule has 3 aliphatic heterocycles. The van der Waals surface area contributed by atoms with Gasteiger partial charge in [-0.15, -0.1) is 24.0 Å².